The minimum atomic E-state index is -3.59. The number of aryl methyl sites for hydroxylation is 1. The second-order valence-corrected chi connectivity index (χ2v) is 8.34. The minimum Gasteiger partial charge on any atom is -0.310 e. The molecular formula is C11H16N4O2S3. The second-order valence-electron chi connectivity index (χ2n) is 4.52. The zero-order chi connectivity index (χ0) is 14.8. The van der Waals surface area contributed by atoms with E-state index >= 15 is 0 Å². The summed E-state index contributed by atoms with van der Waals surface area (Å²) in [6, 6.07) is 2.07. The fourth-order valence-corrected chi connectivity index (χ4v) is 4.85. The van der Waals surface area contributed by atoms with E-state index in [4.69, 9.17) is 0 Å². The van der Waals surface area contributed by atoms with Crippen molar-refractivity contribution in [3.8, 4) is 0 Å². The Morgan fingerprint density at radius 2 is 2.15 bits per heavy atom. The quantitative estimate of drug-likeness (QED) is 0.847. The molecule has 110 valence electrons. The third-order valence-electron chi connectivity index (χ3n) is 2.48. The molecule has 0 saturated heterocycles. The van der Waals surface area contributed by atoms with Crippen molar-refractivity contribution in [1.82, 2.24) is 15.5 Å². The average Bonchev–Trinajstić information content (AvgIpc) is 2.95. The van der Waals surface area contributed by atoms with Gasteiger partial charge >= 0.3 is 0 Å². The molecule has 20 heavy (non-hydrogen) atoms. The van der Waals surface area contributed by atoms with Crippen LogP contribution in [0.4, 0.5) is 5.13 Å². The van der Waals surface area contributed by atoms with Crippen LogP contribution in [0.1, 0.15) is 23.6 Å². The first-order valence-electron chi connectivity index (χ1n) is 6.00. The monoisotopic (exact) mass is 332 g/mol. The summed E-state index contributed by atoms with van der Waals surface area (Å²) >= 11 is 2.63. The second kappa shape index (κ2) is 6.17. The van der Waals surface area contributed by atoms with Gasteiger partial charge in [-0.3, -0.25) is 4.72 Å². The standard InChI is InChI=1S/C11H16N4O2S3/c1-7(2)12-5-9-4-10(8(3)19-9)20(16,17)15-11-14-13-6-18-11/h4,6-7,12H,5H2,1-3H3,(H,14,15). The van der Waals surface area contributed by atoms with E-state index in [2.05, 4.69) is 34.1 Å². The van der Waals surface area contributed by atoms with Crippen LogP contribution in [0, 0.1) is 6.92 Å². The van der Waals surface area contributed by atoms with Crippen LogP contribution in [-0.4, -0.2) is 24.7 Å². The Hall–Kier alpha value is -1.03. The number of nitrogens with one attached hydrogen (secondary N) is 2. The highest BCUT2D eigenvalue weighted by atomic mass is 32.2. The molecule has 2 N–H and O–H groups in total. The van der Waals surface area contributed by atoms with Gasteiger partial charge in [-0.25, -0.2) is 8.42 Å². The summed E-state index contributed by atoms with van der Waals surface area (Å²) in [6.07, 6.45) is 0. The van der Waals surface area contributed by atoms with Gasteiger partial charge in [0.05, 0.1) is 0 Å². The van der Waals surface area contributed by atoms with Crippen LogP contribution in [0.25, 0.3) is 0 Å². The van der Waals surface area contributed by atoms with E-state index in [1.165, 1.54) is 16.8 Å². The zero-order valence-corrected chi connectivity index (χ0v) is 13.8. The van der Waals surface area contributed by atoms with Crippen molar-refractivity contribution >= 4 is 37.8 Å². The van der Waals surface area contributed by atoms with Crippen molar-refractivity contribution in [2.75, 3.05) is 4.72 Å². The first-order valence-corrected chi connectivity index (χ1v) is 9.18. The molecule has 0 aromatic carbocycles. The first kappa shape index (κ1) is 15.4. The Morgan fingerprint density at radius 3 is 2.75 bits per heavy atom. The van der Waals surface area contributed by atoms with E-state index in [-0.39, 0.29) is 5.13 Å². The molecule has 2 heterocycles. The Morgan fingerprint density at radius 1 is 1.40 bits per heavy atom. The predicted octanol–water partition coefficient (Wildman–Crippen LogP) is 2.21. The van der Waals surface area contributed by atoms with Crippen LogP contribution in [0.3, 0.4) is 0 Å². The van der Waals surface area contributed by atoms with Crippen LogP contribution in [-0.2, 0) is 16.6 Å². The topological polar surface area (TPSA) is 84.0 Å². The van der Waals surface area contributed by atoms with Crippen molar-refractivity contribution < 1.29 is 8.42 Å². The summed E-state index contributed by atoms with van der Waals surface area (Å²) in [5.41, 5.74) is 1.48. The van der Waals surface area contributed by atoms with Crippen molar-refractivity contribution in [2.45, 2.75) is 38.3 Å². The molecule has 0 bridgehead atoms. The smallest absolute Gasteiger partial charge is 0.264 e. The molecular weight excluding hydrogens is 316 g/mol. The number of sulfonamides is 1. The number of hydrogen-bond donors (Lipinski definition) is 2. The number of hydrogen-bond acceptors (Lipinski definition) is 7. The number of aromatic nitrogens is 2. The third-order valence-corrected chi connectivity index (χ3v) is 5.86. The highest BCUT2D eigenvalue weighted by molar-refractivity contribution is 7.93. The highest BCUT2D eigenvalue weighted by Gasteiger charge is 2.21. The van der Waals surface area contributed by atoms with E-state index < -0.39 is 10.0 Å². The predicted molar refractivity (Wildman–Crippen MR) is 81.7 cm³/mol. The van der Waals surface area contributed by atoms with E-state index in [0.29, 0.717) is 17.5 Å². The van der Waals surface area contributed by atoms with Crippen LogP contribution in [0.5, 0.6) is 0 Å². The molecule has 0 aliphatic heterocycles. The van der Waals surface area contributed by atoms with Crippen LogP contribution < -0.4 is 10.0 Å². The van der Waals surface area contributed by atoms with Crippen LogP contribution >= 0.6 is 22.7 Å². The Bertz CT molecular complexity index is 662. The van der Waals surface area contributed by atoms with Gasteiger partial charge in [0.2, 0.25) is 5.13 Å². The summed E-state index contributed by atoms with van der Waals surface area (Å²) < 4.78 is 27.0. The fourth-order valence-electron chi connectivity index (χ4n) is 1.57. The van der Waals surface area contributed by atoms with Gasteiger partial charge in [0.25, 0.3) is 10.0 Å². The molecule has 2 aromatic rings. The normalized spacial score (nSPS) is 12.0. The lowest BCUT2D eigenvalue weighted by Crippen LogP contribution is -2.21. The van der Waals surface area contributed by atoms with Gasteiger partial charge in [0, 0.05) is 22.3 Å². The maximum Gasteiger partial charge on any atom is 0.264 e. The SMILES string of the molecule is Cc1sc(CNC(C)C)cc1S(=O)(=O)Nc1nncs1. The van der Waals surface area contributed by atoms with Gasteiger partial charge < -0.3 is 5.32 Å². The van der Waals surface area contributed by atoms with Crippen molar-refractivity contribution in [1.29, 1.82) is 0 Å². The molecule has 2 rings (SSSR count). The van der Waals surface area contributed by atoms with Gasteiger partial charge in [0.1, 0.15) is 10.4 Å². The molecule has 0 unspecified atom stereocenters. The molecule has 0 aliphatic rings. The maximum absolute atomic E-state index is 12.3. The van der Waals surface area contributed by atoms with Crippen LogP contribution in [0.15, 0.2) is 16.5 Å². The molecule has 0 spiro atoms. The molecule has 0 aliphatic carbocycles. The number of rotatable bonds is 6. The third kappa shape index (κ3) is 3.75. The summed E-state index contributed by atoms with van der Waals surface area (Å²) in [7, 11) is -3.59. The molecule has 6 nitrogen and oxygen atoms in total. The molecule has 9 heteroatoms. The van der Waals surface area contributed by atoms with Crippen molar-refractivity contribution in [3.63, 3.8) is 0 Å². The zero-order valence-electron chi connectivity index (χ0n) is 11.4. The van der Waals surface area contributed by atoms with Gasteiger partial charge in [-0.1, -0.05) is 25.2 Å². The van der Waals surface area contributed by atoms with Gasteiger partial charge in [-0.2, -0.15) is 0 Å². The number of nitrogens with zero attached hydrogens (tertiary/aromatic N) is 2. The number of thiophene rings is 1. The Balaban J connectivity index is 2.19. The first-order chi connectivity index (χ1) is 9.38. The van der Waals surface area contributed by atoms with Gasteiger partial charge in [-0.15, -0.1) is 21.5 Å². The van der Waals surface area contributed by atoms with Crippen LogP contribution in [0.2, 0.25) is 0 Å². The maximum atomic E-state index is 12.3. The average molecular weight is 332 g/mol. The summed E-state index contributed by atoms with van der Waals surface area (Å²) in [5, 5.41) is 10.9. The Labute approximate surface area is 126 Å². The van der Waals surface area contributed by atoms with E-state index in [1.807, 2.05) is 0 Å². The molecule has 0 saturated carbocycles. The minimum absolute atomic E-state index is 0.275. The lowest BCUT2D eigenvalue weighted by Gasteiger charge is -2.05. The molecule has 0 atom stereocenters. The van der Waals surface area contributed by atoms with Gasteiger partial charge in [-0.05, 0) is 13.0 Å². The highest BCUT2D eigenvalue weighted by Crippen LogP contribution is 2.27. The van der Waals surface area contributed by atoms with E-state index in [0.717, 1.165) is 21.1 Å². The lowest BCUT2D eigenvalue weighted by molar-refractivity contribution is 0.592. The Kier molecular flexibility index (Phi) is 4.74. The largest absolute Gasteiger partial charge is 0.310 e. The fraction of sp³-hybridized carbons (Fsp3) is 0.455. The molecule has 0 radical (unpaired) electrons. The summed E-state index contributed by atoms with van der Waals surface area (Å²) in [5.74, 6) is 0. The van der Waals surface area contributed by atoms with Crippen molar-refractivity contribution in [2.24, 2.45) is 0 Å². The lowest BCUT2D eigenvalue weighted by atomic mass is 10.3. The molecule has 0 amide bonds. The van der Waals surface area contributed by atoms with E-state index in [1.54, 1.807) is 13.0 Å². The van der Waals surface area contributed by atoms with Crippen molar-refractivity contribution in [3.05, 3.63) is 21.3 Å². The molecule has 2 aromatic heterocycles. The summed E-state index contributed by atoms with van der Waals surface area (Å²) in [4.78, 5) is 2.06. The molecule has 0 fully saturated rings. The summed E-state index contributed by atoms with van der Waals surface area (Å²) in [6.45, 7) is 6.57. The number of anilines is 1. The van der Waals surface area contributed by atoms with Gasteiger partial charge in [0.15, 0.2) is 0 Å². The van der Waals surface area contributed by atoms with E-state index in [9.17, 15) is 8.42 Å².